The van der Waals surface area contributed by atoms with E-state index in [1.165, 1.54) is 11.8 Å². The van der Waals surface area contributed by atoms with E-state index in [4.69, 9.17) is 0 Å². The molecule has 0 saturated carbocycles. The first kappa shape index (κ1) is 18.1. The Morgan fingerprint density at radius 3 is 2.83 bits per heavy atom. The minimum atomic E-state index is -0.254. The Kier molecular flexibility index (Phi) is 6.89. The van der Waals surface area contributed by atoms with Crippen LogP contribution in [0.5, 0.6) is 0 Å². The lowest BCUT2D eigenvalue weighted by molar-refractivity contribution is -0.121. The fourth-order valence-corrected chi connectivity index (χ4v) is 3.40. The monoisotopic (exact) mass is 343 g/mol. The maximum Gasteiger partial charge on any atom is 0.230 e. The van der Waals surface area contributed by atoms with Crippen molar-refractivity contribution in [2.24, 2.45) is 0 Å². The molecule has 2 rings (SSSR count). The van der Waals surface area contributed by atoms with E-state index >= 15 is 0 Å². The molecular weight excluding hydrogens is 322 g/mol. The highest BCUT2D eigenvalue weighted by Crippen LogP contribution is 2.35. The number of carbonyl (C=O) groups is 2. The van der Waals surface area contributed by atoms with Crippen molar-refractivity contribution < 1.29 is 9.59 Å². The van der Waals surface area contributed by atoms with Crippen molar-refractivity contribution in [2.75, 3.05) is 12.3 Å². The zero-order valence-corrected chi connectivity index (χ0v) is 14.5. The second kappa shape index (κ2) is 9.14. The molecule has 126 valence electrons. The zero-order chi connectivity index (χ0) is 17.4. The number of nitriles is 1. The summed E-state index contributed by atoms with van der Waals surface area (Å²) in [6.45, 7) is 2.71. The highest BCUT2D eigenvalue weighted by Gasteiger charge is 2.29. The van der Waals surface area contributed by atoms with Gasteiger partial charge in [0, 0.05) is 18.9 Å². The number of rotatable bonds is 7. The van der Waals surface area contributed by atoms with E-state index in [1.54, 1.807) is 0 Å². The van der Waals surface area contributed by atoms with E-state index in [1.807, 2.05) is 30.3 Å². The van der Waals surface area contributed by atoms with Crippen LogP contribution >= 0.6 is 11.8 Å². The number of hydrogen-bond donors (Lipinski definition) is 2. The number of unbranched alkanes of at least 4 members (excludes halogenated alkanes) is 1. The summed E-state index contributed by atoms with van der Waals surface area (Å²) in [5.41, 5.74) is 1.46. The third-order valence-corrected chi connectivity index (χ3v) is 4.78. The molecule has 24 heavy (non-hydrogen) atoms. The molecule has 1 aromatic carbocycles. The van der Waals surface area contributed by atoms with Gasteiger partial charge in [-0.05, 0) is 12.0 Å². The first-order valence-corrected chi connectivity index (χ1v) is 9.02. The van der Waals surface area contributed by atoms with Crippen LogP contribution in [-0.2, 0) is 9.59 Å². The summed E-state index contributed by atoms with van der Waals surface area (Å²) < 4.78 is 0. The van der Waals surface area contributed by atoms with Crippen LogP contribution in [0.15, 0.2) is 40.9 Å². The molecule has 0 saturated heterocycles. The summed E-state index contributed by atoms with van der Waals surface area (Å²) in [5, 5.41) is 15.6. The van der Waals surface area contributed by atoms with Crippen LogP contribution in [0, 0.1) is 11.3 Å². The van der Waals surface area contributed by atoms with Gasteiger partial charge in [0.15, 0.2) is 0 Å². The van der Waals surface area contributed by atoms with Crippen molar-refractivity contribution in [3.05, 3.63) is 46.5 Å². The van der Waals surface area contributed by atoms with Crippen molar-refractivity contribution in [3.63, 3.8) is 0 Å². The van der Waals surface area contributed by atoms with Gasteiger partial charge < -0.3 is 10.6 Å². The Hall–Kier alpha value is -2.26. The number of carbonyl (C=O) groups excluding carboxylic acids is 2. The standard InChI is InChI=1S/C18H21N3O2S/c1-2-3-9-20-17(23)12-24-18-15(11-19)14(10-16(22)21-18)13-7-5-4-6-8-13/h4-8,14H,2-3,9-10,12H2,1H3,(H,20,23)(H,21,22)/t14-/m0/s1. The van der Waals surface area contributed by atoms with Crippen LogP contribution in [0.2, 0.25) is 0 Å². The maximum absolute atomic E-state index is 12.0. The van der Waals surface area contributed by atoms with Gasteiger partial charge in [-0.25, -0.2) is 0 Å². The third kappa shape index (κ3) is 4.87. The van der Waals surface area contributed by atoms with Gasteiger partial charge in [-0.1, -0.05) is 55.4 Å². The minimum Gasteiger partial charge on any atom is -0.355 e. The largest absolute Gasteiger partial charge is 0.355 e. The molecule has 5 nitrogen and oxygen atoms in total. The second-order valence-corrected chi connectivity index (χ2v) is 6.55. The Balaban J connectivity index is 2.10. The van der Waals surface area contributed by atoms with E-state index in [2.05, 4.69) is 23.6 Å². The molecule has 0 aromatic heterocycles. The molecule has 0 unspecified atom stereocenters. The molecule has 6 heteroatoms. The highest BCUT2D eigenvalue weighted by atomic mass is 32.2. The molecular formula is C18H21N3O2S. The lowest BCUT2D eigenvalue weighted by atomic mass is 9.87. The topological polar surface area (TPSA) is 82.0 Å². The number of amides is 2. The summed E-state index contributed by atoms with van der Waals surface area (Å²) in [6.07, 6.45) is 2.21. The van der Waals surface area contributed by atoms with Gasteiger partial charge in [-0.3, -0.25) is 9.59 Å². The summed E-state index contributed by atoms with van der Waals surface area (Å²) in [4.78, 5) is 23.8. The van der Waals surface area contributed by atoms with Gasteiger partial charge >= 0.3 is 0 Å². The molecule has 0 radical (unpaired) electrons. The quantitative estimate of drug-likeness (QED) is 0.746. The van der Waals surface area contributed by atoms with Crippen LogP contribution in [0.25, 0.3) is 0 Å². The van der Waals surface area contributed by atoms with Gasteiger partial charge in [0.2, 0.25) is 11.8 Å². The number of nitrogens with one attached hydrogen (secondary N) is 2. The SMILES string of the molecule is CCCCNC(=O)CSC1=C(C#N)[C@H](c2ccccc2)CC(=O)N1. The van der Waals surface area contributed by atoms with Crippen LogP contribution in [0.1, 0.15) is 37.7 Å². The fourth-order valence-electron chi connectivity index (χ4n) is 2.50. The lowest BCUT2D eigenvalue weighted by Gasteiger charge is -2.25. The zero-order valence-electron chi connectivity index (χ0n) is 13.7. The highest BCUT2D eigenvalue weighted by molar-refractivity contribution is 8.03. The van der Waals surface area contributed by atoms with E-state index in [0.29, 0.717) is 17.1 Å². The minimum absolute atomic E-state index is 0.0886. The van der Waals surface area contributed by atoms with Gasteiger partial charge in [0.05, 0.1) is 22.4 Å². The predicted octanol–water partition coefficient (Wildman–Crippen LogP) is 2.67. The predicted molar refractivity (Wildman–Crippen MR) is 95.0 cm³/mol. The number of benzene rings is 1. The van der Waals surface area contributed by atoms with E-state index in [0.717, 1.165) is 18.4 Å². The molecule has 0 aliphatic carbocycles. The van der Waals surface area contributed by atoms with Crippen LogP contribution in [-0.4, -0.2) is 24.1 Å². The molecule has 1 aromatic rings. The van der Waals surface area contributed by atoms with Gasteiger partial charge in [0.25, 0.3) is 0 Å². The molecule has 0 bridgehead atoms. The van der Waals surface area contributed by atoms with Crippen molar-refractivity contribution in [2.45, 2.75) is 32.1 Å². The van der Waals surface area contributed by atoms with Crippen molar-refractivity contribution >= 4 is 23.6 Å². The summed E-state index contributed by atoms with van der Waals surface area (Å²) in [7, 11) is 0. The van der Waals surface area contributed by atoms with Crippen molar-refractivity contribution in [1.82, 2.24) is 10.6 Å². The van der Waals surface area contributed by atoms with Gasteiger partial charge in [-0.15, -0.1) is 0 Å². The smallest absolute Gasteiger partial charge is 0.230 e. The first-order valence-electron chi connectivity index (χ1n) is 8.04. The molecule has 1 heterocycles. The molecule has 2 N–H and O–H groups in total. The summed E-state index contributed by atoms with van der Waals surface area (Å²) in [5.74, 6) is -0.284. The van der Waals surface area contributed by atoms with Crippen LogP contribution in [0.4, 0.5) is 0 Å². The van der Waals surface area contributed by atoms with Gasteiger partial charge in [-0.2, -0.15) is 5.26 Å². The van der Waals surface area contributed by atoms with E-state index in [-0.39, 0.29) is 29.9 Å². The van der Waals surface area contributed by atoms with Crippen LogP contribution < -0.4 is 10.6 Å². The maximum atomic E-state index is 12.0. The van der Waals surface area contributed by atoms with E-state index < -0.39 is 0 Å². The lowest BCUT2D eigenvalue weighted by Crippen LogP contribution is -2.32. The van der Waals surface area contributed by atoms with Crippen molar-refractivity contribution in [1.29, 1.82) is 5.26 Å². The molecule has 1 aliphatic rings. The molecule has 0 fully saturated rings. The van der Waals surface area contributed by atoms with Gasteiger partial charge in [0.1, 0.15) is 0 Å². The Bertz CT molecular complexity index is 665. The number of allylic oxidation sites excluding steroid dienone is 1. The Morgan fingerprint density at radius 2 is 2.17 bits per heavy atom. The molecule has 2 amide bonds. The average Bonchev–Trinajstić information content (AvgIpc) is 2.60. The van der Waals surface area contributed by atoms with Crippen molar-refractivity contribution in [3.8, 4) is 6.07 Å². The molecule has 1 aliphatic heterocycles. The molecule has 0 spiro atoms. The Morgan fingerprint density at radius 1 is 1.42 bits per heavy atom. The fraction of sp³-hybridized carbons (Fsp3) is 0.389. The number of nitrogens with zero attached hydrogens (tertiary/aromatic N) is 1. The Labute approximate surface area is 146 Å². The average molecular weight is 343 g/mol. The first-order chi connectivity index (χ1) is 11.7. The third-order valence-electron chi connectivity index (χ3n) is 3.76. The number of hydrogen-bond acceptors (Lipinski definition) is 4. The molecule has 1 atom stereocenters. The van der Waals surface area contributed by atoms with Crippen LogP contribution in [0.3, 0.4) is 0 Å². The number of thioether (sulfide) groups is 1. The summed E-state index contributed by atoms with van der Waals surface area (Å²) >= 11 is 1.21. The van der Waals surface area contributed by atoms with E-state index in [9.17, 15) is 14.9 Å². The summed E-state index contributed by atoms with van der Waals surface area (Å²) in [6, 6.07) is 11.7. The normalized spacial score (nSPS) is 17.2. The second-order valence-electron chi connectivity index (χ2n) is 5.56.